The Morgan fingerprint density at radius 1 is 0.850 bits per heavy atom. The maximum absolute atomic E-state index is 12.9. The van der Waals surface area contributed by atoms with Gasteiger partial charge in [-0.1, -0.05) is 90.4 Å². The third-order valence-electron chi connectivity index (χ3n) is 7.17. The SMILES string of the molecule is CCCCCCCCCCCCCCCCNCC(=O)NC(Cc1c[nH]cn1)C(=O)NC(CCCCN)C(=O)O. The summed E-state index contributed by atoms with van der Waals surface area (Å²) in [5.41, 5.74) is 6.09. The number of unbranched alkanes of at least 4 members (excludes halogenated alkanes) is 14. The van der Waals surface area contributed by atoms with Gasteiger partial charge in [0.25, 0.3) is 0 Å². The maximum atomic E-state index is 12.9. The largest absolute Gasteiger partial charge is 0.480 e. The van der Waals surface area contributed by atoms with Crippen molar-refractivity contribution >= 4 is 17.8 Å². The summed E-state index contributed by atoms with van der Waals surface area (Å²) in [6, 6.07) is -1.95. The van der Waals surface area contributed by atoms with Gasteiger partial charge in [-0.25, -0.2) is 9.78 Å². The first-order valence-corrected chi connectivity index (χ1v) is 15.7. The zero-order chi connectivity index (χ0) is 29.3. The minimum atomic E-state index is -1.11. The van der Waals surface area contributed by atoms with Gasteiger partial charge in [-0.2, -0.15) is 0 Å². The van der Waals surface area contributed by atoms with Crippen LogP contribution in [0.25, 0.3) is 0 Å². The lowest BCUT2D eigenvalue weighted by atomic mass is 10.0. The van der Waals surface area contributed by atoms with Crippen molar-refractivity contribution in [1.82, 2.24) is 25.9 Å². The number of imidazole rings is 1. The van der Waals surface area contributed by atoms with Gasteiger partial charge in [0.2, 0.25) is 11.8 Å². The van der Waals surface area contributed by atoms with Crippen LogP contribution < -0.4 is 21.7 Å². The molecule has 0 fully saturated rings. The van der Waals surface area contributed by atoms with Crippen molar-refractivity contribution < 1.29 is 19.5 Å². The summed E-state index contributed by atoms with van der Waals surface area (Å²) < 4.78 is 0. The molecule has 2 unspecified atom stereocenters. The second kappa shape index (κ2) is 24.3. The van der Waals surface area contributed by atoms with Crippen LogP contribution in [-0.2, 0) is 20.8 Å². The smallest absolute Gasteiger partial charge is 0.326 e. The normalized spacial score (nSPS) is 12.7. The number of aromatic nitrogens is 2. The van der Waals surface area contributed by atoms with E-state index in [9.17, 15) is 19.5 Å². The van der Waals surface area contributed by atoms with E-state index in [0.29, 0.717) is 25.1 Å². The molecule has 0 aromatic carbocycles. The third-order valence-corrected chi connectivity index (χ3v) is 7.17. The number of carbonyl (C=O) groups excluding carboxylic acids is 2. The Bertz CT molecular complexity index is 774. The number of rotatable bonds is 27. The Morgan fingerprint density at radius 3 is 1.98 bits per heavy atom. The minimum Gasteiger partial charge on any atom is -0.480 e. The van der Waals surface area contributed by atoms with Crippen LogP contribution in [0.5, 0.6) is 0 Å². The number of amides is 2. The first kappa shape index (κ1) is 35.6. The van der Waals surface area contributed by atoms with Crippen molar-refractivity contribution in [3.63, 3.8) is 0 Å². The molecule has 0 aliphatic carbocycles. The molecule has 0 bridgehead atoms. The van der Waals surface area contributed by atoms with E-state index in [4.69, 9.17) is 5.73 Å². The average molecular weight is 565 g/mol. The van der Waals surface area contributed by atoms with E-state index in [2.05, 4.69) is 32.8 Å². The number of H-pyrrole nitrogens is 1. The fraction of sp³-hybridized carbons (Fsp3) is 0.800. The summed E-state index contributed by atoms with van der Waals surface area (Å²) in [7, 11) is 0. The van der Waals surface area contributed by atoms with Crippen LogP contribution in [0.2, 0.25) is 0 Å². The number of carboxylic acids is 1. The fourth-order valence-electron chi connectivity index (χ4n) is 4.74. The number of carboxylic acid groups (broad SMARTS) is 1. The molecule has 1 aromatic heterocycles. The molecule has 10 heteroatoms. The molecule has 2 amide bonds. The minimum absolute atomic E-state index is 0.0989. The van der Waals surface area contributed by atoms with Crippen molar-refractivity contribution in [3.8, 4) is 0 Å². The molecule has 0 spiro atoms. The second-order valence-electron chi connectivity index (χ2n) is 10.8. The highest BCUT2D eigenvalue weighted by molar-refractivity contribution is 5.91. The maximum Gasteiger partial charge on any atom is 0.326 e. The molecular weight excluding hydrogens is 508 g/mol. The molecule has 0 radical (unpaired) electrons. The number of hydrogen-bond donors (Lipinski definition) is 6. The van der Waals surface area contributed by atoms with E-state index in [1.165, 1.54) is 83.4 Å². The number of nitrogens with two attached hydrogens (primary N) is 1. The molecule has 1 rings (SSSR count). The van der Waals surface area contributed by atoms with Gasteiger partial charge in [0.05, 0.1) is 18.6 Å². The van der Waals surface area contributed by atoms with Gasteiger partial charge in [-0.05, 0) is 38.8 Å². The third kappa shape index (κ3) is 18.8. The van der Waals surface area contributed by atoms with Crippen molar-refractivity contribution in [1.29, 1.82) is 0 Å². The van der Waals surface area contributed by atoms with E-state index in [1.807, 2.05) is 0 Å². The van der Waals surface area contributed by atoms with Gasteiger partial charge in [0, 0.05) is 12.6 Å². The monoisotopic (exact) mass is 564 g/mol. The van der Waals surface area contributed by atoms with Crippen molar-refractivity contribution in [3.05, 3.63) is 18.2 Å². The van der Waals surface area contributed by atoms with E-state index in [0.717, 1.165) is 19.4 Å². The molecule has 7 N–H and O–H groups in total. The van der Waals surface area contributed by atoms with Crippen LogP contribution in [0.1, 0.15) is 122 Å². The summed E-state index contributed by atoms with van der Waals surface area (Å²) >= 11 is 0. The number of aliphatic carboxylic acids is 1. The van der Waals surface area contributed by atoms with Crippen LogP contribution >= 0.6 is 0 Å². The van der Waals surface area contributed by atoms with Crippen LogP contribution in [0.15, 0.2) is 12.5 Å². The van der Waals surface area contributed by atoms with Crippen LogP contribution in [0.4, 0.5) is 0 Å². The van der Waals surface area contributed by atoms with E-state index < -0.39 is 24.0 Å². The van der Waals surface area contributed by atoms with Gasteiger partial charge >= 0.3 is 5.97 Å². The molecule has 0 saturated carbocycles. The quantitative estimate of drug-likeness (QED) is 0.0872. The van der Waals surface area contributed by atoms with Crippen molar-refractivity contribution in [2.75, 3.05) is 19.6 Å². The van der Waals surface area contributed by atoms with Gasteiger partial charge in [-0.3, -0.25) is 9.59 Å². The fourth-order valence-corrected chi connectivity index (χ4v) is 4.74. The molecule has 230 valence electrons. The highest BCUT2D eigenvalue weighted by atomic mass is 16.4. The van der Waals surface area contributed by atoms with Gasteiger partial charge in [0.1, 0.15) is 12.1 Å². The molecule has 10 nitrogen and oxygen atoms in total. The zero-order valence-electron chi connectivity index (χ0n) is 24.9. The molecule has 40 heavy (non-hydrogen) atoms. The molecule has 1 heterocycles. The molecule has 0 saturated heterocycles. The Labute approximate surface area is 241 Å². The van der Waals surface area contributed by atoms with Crippen LogP contribution in [0, 0.1) is 0 Å². The topological polar surface area (TPSA) is 162 Å². The standard InChI is InChI=1S/C30H56N6O4/c1-2-3-4-5-6-7-8-9-10-11-12-13-14-17-20-32-23-28(37)35-27(21-25-22-33-24-34-25)29(38)36-26(30(39)40)18-15-16-19-31/h22,24,26-27,32H,2-21,23,31H2,1H3,(H,33,34)(H,35,37)(H,36,38)(H,39,40). The van der Waals surface area contributed by atoms with Gasteiger partial charge in [0.15, 0.2) is 0 Å². The number of nitrogens with zero attached hydrogens (tertiary/aromatic N) is 1. The second-order valence-corrected chi connectivity index (χ2v) is 10.8. The summed E-state index contributed by atoms with van der Waals surface area (Å²) in [5.74, 6) is -1.95. The number of nitrogens with one attached hydrogen (secondary N) is 4. The highest BCUT2D eigenvalue weighted by Gasteiger charge is 2.27. The summed E-state index contributed by atoms with van der Waals surface area (Å²) in [6.07, 6.45) is 23.1. The predicted molar refractivity (Wildman–Crippen MR) is 160 cm³/mol. The lowest BCUT2D eigenvalue weighted by Gasteiger charge is -2.21. The molecule has 0 aliphatic rings. The first-order valence-electron chi connectivity index (χ1n) is 15.7. The Hall–Kier alpha value is -2.46. The summed E-state index contributed by atoms with van der Waals surface area (Å²) in [5, 5.41) is 17.9. The molecular formula is C30H56N6O4. The lowest BCUT2D eigenvalue weighted by molar-refractivity contribution is -0.142. The van der Waals surface area contributed by atoms with Gasteiger partial charge in [-0.15, -0.1) is 0 Å². The van der Waals surface area contributed by atoms with E-state index in [-0.39, 0.29) is 25.3 Å². The van der Waals surface area contributed by atoms with Crippen LogP contribution in [0.3, 0.4) is 0 Å². The predicted octanol–water partition coefficient (Wildman–Crippen LogP) is 4.21. The summed E-state index contributed by atoms with van der Waals surface area (Å²) in [4.78, 5) is 44.0. The zero-order valence-corrected chi connectivity index (χ0v) is 24.9. The highest BCUT2D eigenvalue weighted by Crippen LogP contribution is 2.13. The Balaban J connectivity index is 2.22. The average Bonchev–Trinajstić information content (AvgIpc) is 3.45. The van der Waals surface area contributed by atoms with E-state index >= 15 is 0 Å². The van der Waals surface area contributed by atoms with Gasteiger partial charge < -0.3 is 31.8 Å². The molecule has 2 atom stereocenters. The molecule has 0 aliphatic heterocycles. The number of hydrogen-bond acceptors (Lipinski definition) is 6. The summed E-state index contributed by atoms with van der Waals surface area (Å²) in [6.45, 7) is 3.56. The van der Waals surface area contributed by atoms with Crippen LogP contribution in [-0.4, -0.2) is 64.6 Å². The van der Waals surface area contributed by atoms with Crippen molar-refractivity contribution in [2.24, 2.45) is 5.73 Å². The van der Waals surface area contributed by atoms with Crippen molar-refractivity contribution in [2.45, 2.75) is 135 Å². The Kier molecular flexibility index (Phi) is 21.6. The lowest BCUT2D eigenvalue weighted by Crippen LogP contribution is -2.53. The first-order chi connectivity index (χ1) is 19.5. The van der Waals surface area contributed by atoms with E-state index in [1.54, 1.807) is 6.20 Å². The Morgan fingerprint density at radius 2 is 1.45 bits per heavy atom. The molecule has 1 aromatic rings. The number of aromatic amines is 1. The number of carbonyl (C=O) groups is 3.